The molecule has 0 spiro atoms. The van der Waals surface area contributed by atoms with Crippen LogP contribution >= 0.6 is 11.3 Å². The van der Waals surface area contributed by atoms with Crippen LogP contribution in [0.25, 0.3) is 22.4 Å². The molecular weight excluding hydrogens is 334 g/mol. The molecular formula is C19H15N3O2S. The van der Waals surface area contributed by atoms with Gasteiger partial charge in [-0.1, -0.05) is 18.2 Å². The Hall–Kier alpha value is -2.99. The second kappa shape index (κ2) is 6.49. The van der Waals surface area contributed by atoms with Crippen molar-refractivity contribution >= 4 is 28.1 Å². The lowest BCUT2D eigenvalue weighted by Gasteiger charge is -2.09. The fourth-order valence-corrected chi connectivity index (χ4v) is 3.36. The molecule has 0 atom stereocenters. The number of rotatable bonds is 4. The Bertz CT molecular complexity index is 1040. The van der Waals surface area contributed by atoms with Gasteiger partial charge >= 0.3 is 0 Å². The third-order valence-electron chi connectivity index (χ3n) is 3.80. The number of hydrogen-bond acceptors (Lipinski definition) is 5. The molecule has 4 rings (SSSR count). The van der Waals surface area contributed by atoms with Crippen molar-refractivity contribution in [2.45, 2.75) is 13.5 Å². The number of pyridine rings is 1. The first-order chi connectivity index (χ1) is 12.2. The van der Waals surface area contributed by atoms with Crippen molar-refractivity contribution in [2.75, 3.05) is 0 Å². The average molecular weight is 349 g/mol. The molecule has 0 fully saturated rings. The molecule has 0 bridgehead atoms. The van der Waals surface area contributed by atoms with Gasteiger partial charge in [0.2, 0.25) is 0 Å². The smallest absolute Gasteiger partial charge is 0.252 e. The highest BCUT2D eigenvalue weighted by molar-refractivity contribution is 7.09. The number of hydrogen-bond donors (Lipinski definition) is 1. The van der Waals surface area contributed by atoms with E-state index in [0.29, 0.717) is 23.6 Å². The number of carbonyl (C=O) groups excluding carboxylic acids is 1. The molecule has 1 amide bonds. The average Bonchev–Trinajstić information content (AvgIpc) is 3.30. The topological polar surface area (TPSA) is 68.0 Å². The highest BCUT2D eigenvalue weighted by Crippen LogP contribution is 2.25. The van der Waals surface area contributed by atoms with Gasteiger partial charge in [0.25, 0.3) is 5.91 Å². The number of nitrogens with one attached hydrogen (secondary N) is 1. The summed E-state index contributed by atoms with van der Waals surface area (Å²) in [6.07, 6.45) is 1.59. The second-order valence-electron chi connectivity index (χ2n) is 5.61. The summed E-state index contributed by atoms with van der Waals surface area (Å²) in [6.45, 7) is 2.35. The molecule has 3 aromatic heterocycles. The van der Waals surface area contributed by atoms with Crippen LogP contribution in [0, 0.1) is 6.92 Å². The lowest BCUT2D eigenvalue weighted by Crippen LogP contribution is -2.23. The lowest BCUT2D eigenvalue weighted by molar-refractivity contribution is 0.0952. The molecule has 5 nitrogen and oxygen atoms in total. The van der Waals surface area contributed by atoms with Crippen molar-refractivity contribution in [3.8, 4) is 11.5 Å². The van der Waals surface area contributed by atoms with Crippen LogP contribution in [0.2, 0.25) is 0 Å². The monoisotopic (exact) mass is 349 g/mol. The minimum Gasteiger partial charge on any atom is -0.463 e. The molecule has 0 radical (unpaired) electrons. The third kappa shape index (κ3) is 3.16. The zero-order valence-corrected chi connectivity index (χ0v) is 14.3. The summed E-state index contributed by atoms with van der Waals surface area (Å²) in [5.74, 6) is 0.481. The van der Waals surface area contributed by atoms with Crippen LogP contribution in [0.5, 0.6) is 0 Å². The van der Waals surface area contributed by atoms with Gasteiger partial charge in [-0.15, -0.1) is 11.3 Å². The standard InChI is InChI=1S/C19H15N3O2S/c1-12-11-25-18(21-12)10-20-19(23)14-9-16(17-7-4-8-24-17)22-15-6-3-2-5-13(14)15/h2-9,11H,10H2,1H3,(H,20,23). The van der Waals surface area contributed by atoms with E-state index >= 15 is 0 Å². The molecule has 3 heterocycles. The van der Waals surface area contributed by atoms with E-state index in [1.165, 1.54) is 11.3 Å². The SMILES string of the molecule is Cc1csc(CNC(=O)c2cc(-c3ccco3)nc3ccccc23)n1. The number of aromatic nitrogens is 2. The summed E-state index contributed by atoms with van der Waals surface area (Å²) in [5.41, 5.74) is 2.93. The Balaban J connectivity index is 1.70. The number of thiazole rings is 1. The van der Waals surface area contributed by atoms with Crippen molar-refractivity contribution < 1.29 is 9.21 Å². The number of nitrogens with zero attached hydrogens (tertiary/aromatic N) is 2. The van der Waals surface area contributed by atoms with E-state index in [9.17, 15) is 4.79 Å². The van der Waals surface area contributed by atoms with E-state index in [0.717, 1.165) is 21.6 Å². The van der Waals surface area contributed by atoms with E-state index in [1.54, 1.807) is 18.4 Å². The van der Waals surface area contributed by atoms with E-state index < -0.39 is 0 Å². The molecule has 6 heteroatoms. The van der Waals surface area contributed by atoms with Crippen molar-refractivity contribution in [1.29, 1.82) is 0 Å². The Labute approximate surface area is 148 Å². The predicted octanol–water partition coefficient (Wildman–Crippen LogP) is 4.19. The highest BCUT2D eigenvalue weighted by atomic mass is 32.1. The van der Waals surface area contributed by atoms with Gasteiger partial charge in [0.1, 0.15) is 10.7 Å². The minimum absolute atomic E-state index is 0.153. The third-order valence-corrected chi connectivity index (χ3v) is 4.77. The fraction of sp³-hybridized carbons (Fsp3) is 0.105. The number of aryl methyl sites for hydroxylation is 1. The number of fused-ring (bicyclic) bond motifs is 1. The maximum absolute atomic E-state index is 12.8. The fourth-order valence-electron chi connectivity index (χ4n) is 2.65. The van der Waals surface area contributed by atoms with Crippen LogP contribution in [-0.2, 0) is 6.54 Å². The Kier molecular flexibility index (Phi) is 4.03. The van der Waals surface area contributed by atoms with Gasteiger partial charge < -0.3 is 9.73 Å². The molecule has 1 aromatic carbocycles. The van der Waals surface area contributed by atoms with Gasteiger partial charge in [0.05, 0.1) is 23.9 Å². The van der Waals surface area contributed by atoms with Crippen LogP contribution < -0.4 is 5.32 Å². The van der Waals surface area contributed by atoms with Crippen molar-refractivity contribution in [1.82, 2.24) is 15.3 Å². The Morgan fingerprint density at radius 3 is 2.84 bits per heavy atom. The number of carbonyl (C=O) groups is 1. The number of furan rings is 1. The molecule has 0 saturated heterocycles. The molecule has 25 heavy (non-hydrogen) atoms. The number of amides is 1. The summed E-state index contributed by atoms with van der Waals surface area (Å²) in [5, 5.41) is 6.61. The van der Waals surface area contributed by atoms with Crippen LogP contribution in [0.1, 0.15) is 21.1 Å². The molecule has 1 N–H and O–H groups in total. The van der Waals surface area contributed by atoms with Crippen molar-refractivity contribution in [3.05, 3.63) is 70.4 Å². The largest absolute Gasteiger partial charge is 0.463 e. The molecule has 0 aliphatic rings. The predicted molar refractivity (Wildman–Crippen MR) is 97.5 cm³/mol. The summed E-state index contributed by atoms with van der Waals surface area (Å²) in [6, 6.07) is 13.0. The zero-order chi connectivity index (χ0) is 17.2. The second-order valence-corrected chi connectivity index (χ2v) is 6.56. The van der Waals surface area contributed by atoms with Crippen LogP contribution in [0.4, 0.5) is 0 Å². The first-order valence-electron chi connectivity index (χ1n) is 7.83. The Morgan fingerprint density at radius 2 is 2.08 bits per heavy atom. The molecule has 4 aromatic rings. The van der Waals surface area contributed by atoms with E-state index in [2.05, 4.69) is 15.3 Å². The van der Waals surface area contributed by atoms with Crippen LogP contribution in [-0.4, -0.2) is 15.9 Å². The maximum atomic E-state index is 12.8. The summed E-state index contributed by atoms with van der Waals surface area (Å²) < 4.78 is 5.43. The summed E-state index contributed by atoms with van der Waals surface area (Å²) in [7, 11) is 0. The van der Waals surface area contributed by atoms with E-state index in [-0.39, 0.29) is 5.91 Å². The molecule has 124 valence electrons. The molecule has 0 aliphatic heterocycles. The summed E-state index contributed by atoms with van der Waals surface area (Å²) in [4.78, 5) is 21.7. The highest BCUT2D eigenvalue weighted by Gasteiger charge is 2.15. The van der Waals surface area contributed by atoms with Gasteiger partial charge in [-0.25, -0.2) is 9.97 Å². The van der Waals surface area contributed by atoms with Crippen LogP contribution in [0.3, 0.4) is 0 Å². The zero-order valence-electron chi connectivity index (χ0n) is 13.5. The van der Waals surface area contributed by atoms with Gasteiger partial charge in [0, 0.05) is 16.5 Å². The molecule has 0 saturated carbocycles. The van der Waals surface area contributed by atoms with Gasteiger partial charge in [-0.3, -0.25) is 4.79 Å². The normalized spacial score (nSPS) is 10.9. The van der Waals surface area contributed by atoms with Crippen molar-refractivity contribution in [3.63, 3.8) is 0 Å². The van der Waals surface area contributed by atoms with Gasteiger partial charge in [-0.2, -0.15) is 0 Å². The van der Waals surface area contributed by atoms with Gasteiger partial charge in [-0.05, 0) is 31.2 Å². The number of benzene rings is 1. The van der Waals surface area contributed by atoms with E-state index in [1.807, 2.05) is 42.6 Å². The van der Waals surface area contributed by atoms with Crippen LogP contribution in [0.15, 0.2) is 58.5 Å². The number of para-hydroxylation sites is 1. The van der Waals surface area contributed by atoms with Crippen molar-refractivity contribution in [2.24, 2.45) is 0 Å². The summed E-state index contributed by atoms with van der Waals surface area (Å²) >= 11 is 1.54. The first-order valence-corrected chi connectivity index (χ1v) is 8.71. The van der Waals surface area contributed by atoms with Gasteiger partial charge in [0.15, 0.2) is 5.76 Å². The molecule has 0 unspecified atom stereocenters. The Morgan fingerprint density at radius 1 is 1.20 bits per heavy atom. The quantitative estimate of drug-likeness (QED) is 0.600. The minimum atomic E-state index is -0.153. The first kappa shape index (κ1) is 15.5. The molecule has 0 aliphatic carbocycles. The lowest BCUT2D eigenvalue weighted by atomic mass is 10.1. The maximum Gasteiger partial charge on any atom is 0.252 e. The van der Waals surface area contributed by atoms with E-state index in [4.69, 9.17) is 4.42 Å².